The molecule has 0 heterocycles. The van der Waals surface area contributed by atoms with Crippen LogP contribution >= 0.6 is 15.9 Å². The maximum absolute atomic E-state index is 11.5. The zero-order chi connectivity index (χ0) is 15.9. The summed E-state index contributed by atoms with van der Waals surface area (Å²) in [5.74, 6) is 0. The van der Waals surface area contributed by atoms with Gasteiger partial charge in [-0.2, -0.15) is 0 Å². The number of carbonyl (C=O) groups is 1. The fraction of sp³-hybridized carbons (Fsp3) is 0.706. The molecule has 124 valence electrons. The van der Waals surface area contributed by atoms with Crippen molar-refractivity contribution in [3.63, 3.8) is 0 Å². The molecule has 5 heteroatoms. The van der Waals surface area contributed by atoms with Crippen LogP contribution in [-0.2, 0) is 14.3 Å². The van der Waals surface area contributed by atoms with Crippen LogP contribution in [-0.4, -0.2) is 43.3 Å². The number of carbonyl (C=O) groups excluding carboxylic acids is 1. The van der Waals surface area contributed by atoms with Crippen molar-refractivity contribution >= 4 is 22.3 Å². The largest absolute Gasteiger partial charge is 0.381 e. The molecule has 0 radical (unpaired) electrons. The Morgan fingerprint density at radius 2 is 2.05 bits per heavy atom. The Morgan fingerprint density at radius 3 is 2.55 bits per heavy atom. The first-order valence-electron chi connectivity index (χ1n) is 8.04. The molecule has 4 nitrogen and oxygen atoms in total. The van der Waals surface area contributed by atoms with Crippen molar-refractivity contribution in [2.75, 3.05) is 13.7 Å². The predicted molar refractivity (Wildman–Crippen MR) is 90.7 cm³/mol. The Hall–Kier alpha value is -0.650. The van der Waals surface area contributed by atoms with E-state index >= 15 is 0 Å². The van der Waals surface area contributed by atoms with Crippen LogP contribution in [0, 0.1) is 0 Å². The van der Waals surface area contributed by atoms with Crippen LogP contribution in [0.1, 0.15) is 45.4 Å². The molecule has 2 rings (SSSR count). The first kappa shape index (κ1) is 17.7. The highest BCUT2D eigenvalue weighted by molar-refractivity contribution is 9.11. The standard InChI is InChI=1S/C17H26BrNO3/c1-13(18)8-14(11-22-16-4-3-5-16)10-19(12-20)15-6-7-17(9-15)21-2/h8,10,12,15-17H,3-7,9,11H2,1-2H3/b13-8+,14-10+. The Kier molecular flexibility index (Phi) is 7.12. The lowest BCUT2D eigenvalue weighted by molar-refractivity contribution is -0.117. The van der Waals surface area contributed by atoms with Gasteiger partial charge in [0.15, 0.2) is 0 Å². The lowest BCUT2D eigenvalue weighted by Crippen LogP contribution is -2.29. The zero-order valence-corrected chi connectivity index (χ0v) is 15.0. The summed E-state index contributed by atoms with van der Waals surface area (Å²) in [5, 5.41) is 0. The highest BCUT2D eigenvalue weighted by Gasteiger charge is 2.28. The maximum Gasteiger partial charge on any atom is 0.213 e. The van der Waals surface area contributed by atoms with Gasteiger partial charge >= 0.3 is 0 Å². The number of nitrogens with zero attached hydrogens (tertiary/aromatic N) is 1. The average molecular weight is 372 g/mol. The smallest absolute Gasteiger partial charge is 0.213 e. The predicted octanol–water partition coefficient (Wildman–Crippen LogP) is 3.76. The molecule has 0 N–H and O–H groups in total. The average Bonchev–Trinajstić information content (AvgIpc) is 2.90. The quantitative estimate of drug-likeness (QED) is 0.481. The van der Waals surface area contributed by atoms with Gasteiger partial charge in [0, 0.05) is 19.4 Å². The summed E-state index contributed by atoms with van der Waals surface area (Å²) >= 11 is 3.47. The minimum atomic E-state index is 0.227. The maximum atomic E-state index is 11.5. The second-order valence-corrected chi connectivity index (χ2v) is 7.43. The highest BCUT2D eigenvalue weighted by Crippen LogP contribution is 2.27. The van der Waals surface area contributed by atoms with Crippen LogP contribution in [0.15, 0.2) is 22.3 Å². The molecule has 0 aromatic rings. The third-order valence-electron chi connectivity index (χ3n) is 4.47. The van der Waals surface area contributed by atoms with E-state index in [0.29, 0.717) is 12.7 Å². The molecule has 2 atom stereocenters. The van der Waals surface area contributed by atoms with Gasteiger partial charge in [0.2, 0.25) is 6.41 Å². The summed E-state index contributed by atoms with van der Waals surface area (Å²) in [5.41, 5.74) is 1.02. The number of halogens is 1. The number of methoxy groups -OCH3 is 1. The molecule has 2 aliphatic rings. The topological polar surface area (TPSA) is 38.8 Å². The number of amides is 1. The molecule has 22 heavy (non-hydrogen) atoms. The summed E-state index contributed by atoms with van der Waals surface area (Å²) < 4.78 is 12.3. The number of hydrogen-bond donors (Lipinski definition) is 0. The molecule has 2 unspecified atom stereocenters. The molecule has 0 bridgehead atoms. The molecule has 0 spiro atoms. The van der Waals surface area contributed by atoms with Crippen LogP contribution < -0.4 is 0 Å². The van der Waals surface area contributed by atoms with Gasteiger partial charge in [-0.05, 0) is 61.6 Å². The molecule has 2 aliphatic carbocycles. The van der Waals surface area contributed by atoms with Crippen molar-refractivity contribution in [3.05, 3.63) is 22.3 Å². The molecule has 0 aromatic carbocycles. The van der Waals surface area contributed by atoms with Crippen molar-refractivity contribution in [1.29, 1.82) is 0 Å². The number of rotatable bonds is 8. The first-order chi connectivity index (χ1) is 10.6. The van der Waals surface area contributed by atoms with E-state index in [0.717, 1.165) is 48.6 Å². The Balaban J connectivity index is 2.00. The van der Waals surface area contributed by atoms with Crippen molar-refractivity contribution in [2.45, 2.75) is 63.7 Å². The fourth-order valence-electron chi connectivity index (χ4n) is 2.94. The molecule has 2 saturated carbocycles. The van der Waals surface area contributed by atoms with Crippen LogP contribution in [0.3, 0.4) is 0 Å². The third-order valence-corrected chi connectivity index (χ3v) is 4.70. The van der Waals surface area contributed by atoms with Gasteiger partial charge in [-0.15, -0.1) is 0 Å². The molecular formula is C17H26BrNO3. The van der Waals surface area contributed by atoms with E-state index in [1.807, 2.05) is 19.2 Å². The van der Waals surface area contributed by atoms with E-state index in [1.54, 1.807) is 12.0 Å². The van der Waals surface area contributed by atoms with E-state index in [2.05, 4.69) is 15.9 Å². The fourth-order valence-corrected chi connectivity index (χ4v) is 3.23. The number of ether oxygens (including phenoxy) is 2. The number of hydrogen-bond acceptors (Lipinski definition) is 3. The molecule has 0 saturated heterocycles. The van der Waals surface area contributed by atoms with E-state index in [9.17, 15) is 4.79 Å². The monoisotopic (exact) mass is 371 g/mol. The van der Waals surface area contributed by atoms with Gasteiger partial charge in [-0.3, -0.25) is 4.79 Å². The van der Waals surface area contributed by atoms with Crippen molar-refractivity contribution in [1.82, 2.24) is 4.90 Å². The summed E-state index contributed by atoms with van der Waals surface area (Å²) in [6, 6.07) is 0.227. The van der Waals surface area contributed by atoms with E-state index in [-0.39, 0.29) is 12.1 Å². The first-order valence-corrected chi connectivity index (χ1v) is 8.83. The van der Waals surface area contributed by atoms with E-state index < -0.39 is 0 Å². The Morgan fingerprint density at radius 1 is 1.27 bits per heavy atom. The normalized spacial score (nSPS) is 26.9. The SMILES string of the molecule is COC1CCC(N(C=O)/C=C(\C=C(/C)Br)COC2CCC2)C1. The minimum absolute atomic E-state index is 0.227. The zero-order valence-electron chi connectivity index (χ0n) is 13.5. The highest BCUT2D eigenvalue weighted by atomic mass is 79.9. The van der Waals surface area contributed by atoms with Gasteiger partial charge in [0.05, 0.1) is 18.8 Å². The van der Waals surface area contributed by atoms with Crippen molar-refractivity contribution in [2.24, 2.45) is 0 Å². The summed E-state index contributed by atoms with van der Waals surface area (Å²) in [6.45, 7) is 2.54. The van der Waals surface area contributed by atoms with Crippen LogP contribution in [0.2, 0.25) is 0 Å². The van der Waals surface area contributed by atoms with Gasteiger partial charge < -0.3 is 14.4 Å². The lowest BCUT2D eigenvalue weighted by atomic mass is 9.96. The molecule has 0 aromatic heterocycles. The lowest BCUT2D eigenvalue weighted by Gasteiger charge is -2.27. The third kappa shape index (κ3) is 5.21. The minimum Gasteiger partial charge on any atom is -0.381 e. The van der Waals surface area contributed by atoms with Crippen LogP contribution in [0.25, 0.3) is 0 Å². The molecule has 0 aliphatic heterocycles. The molecule has 2 fully saturated rings. The second-order valence-electron chi connectivity index (χ2n) is 6.18. The van der Waals surface area contributed by atoms with E-state index in [1.165, 1.54) is 6.42 Å². The summed E-state index contributed by atoms with van der Waals surface area (Å²) in [4.78, 5) is 13.3. The summed E-state index contributed by atoms with van der Waals surface area (Å²) in [6.07, 6.45) is 12.0. The van der Waals surface area contributed by atoms with Gasteiger partial charge in [0.25, 0.3) is 0 Å². The Bertz CT molecular complexity index is 428. The second kappa shape index (κ2) is 8.85. The van der Waals surface area contributed by atoms with Crippen molar-refractivity contribution < 1.29 is 14.3 Å². The Labute approximate surface area is 141 Å². The van der Waals surface area contributed by atoms with Crippen molar-refractivity contribution in [3.8, 4) is 0 Å². The van der Waals surface area contributed by atoms with Gasteiger partial charge in [0.1, 0.15) is 0 Å². The molecule has 1 amide bonds. The van der Waals surface area contributed by atoms with Gasteiger partial charge in [-0.1, -0.05) is 15.9 Å². The van der Waals surface area contributed by atoms with Crippen LogP contribution in [0.5, 0.6) is 0 Å². The molecular weight excluding hydrogens is 346 g/mol. The van der Waals surface area contributed by atoms with E-state index in [4.69, 9.17) is 9.47 Å². The summed E-state index contributed by atoms with van der Waals surface area (Å²) in [7, 11) is 1.74. The van der Waals surface area contributed by atoms with Crippen LogP contribution in [0.4, 0.5) is 0 Å². The number of allylic oxidation sites excluding steroid dienone is 1. The van der Waals surface area contributed by atoms with Gasteiger partial charge in [-0.25, -0.2) is 0 Å².